The van der Waals surface area contributed by atoms with Crippen LogP contribution in [-0.4, -0.2) is 37.2 Å². The lowest BCUT2D eigenvalue weighted by Gasteiger charge is -2.26. The van der Waals surface area contributed by atoms with Gasteiger partial charge >= 0.3 is 6.03 Å². The molecule has 0 aromatic heterocycles. The molecule has 0 bridgehead atoms. The number of anilines is 1. The molecule has 0 unspecified atom stereocenters. The van der Waals surface area contributed by atoms with Gasteiger partial charge in [-0.05, 0) is 59.8 Å². The predicted octanol–water partition coefficient (Wildman–Crippen LogP) is 2.65. The lowest BCUT2D eigenvalue weighted by atomic mass is 10.1. The number of nitriles is 1. The van der Waals surface area contributed by atoms with Gasteiger partial charge in [-0.25, -0.2) is 9.69 Å². The van der Waals surface area contributed by atoms with E-state index in [9.17, 15) is 19.5 Å². The second kappa shape index (κ2) is 8.59. The normalized spacial score (nSPS) is 15.0. The molecule has 2 aromatic rings. The molecule has 1 fully saturated rings. The van der Waals surface area contributed by atoms with Crippen molar-refractivity contribution >= 4 is 41.4 Å². The Morgan fingerprint density at radius 3 is 2.43 bits per heavy atom. The second-order valence-corrected chi connectivity index (χ2v) is 6.75. The third-order valence-electron chi connectivity index (χ3n) is 4.18. The number of imide groups is 2. The van der Waals surface area contributed by atoms with Gasteiger partial charge in [-0.15, -0.1) is 0 Å². The summed E-state index contributed by atoms with van der Waals surface area (Å²) >= 11 is 0.695. The van der Waals surface area contributed by atoms with Crippen LogP contribution in [0, 0.1) is 10.7 Å². The fourth-order valence-corrected chi connectivity index (χ4v) is 3.25. The third-order valence-corrected chi connectivity index (χ3v) is 4.80. The van der Waals surface area contributed by atoms with E-state index in [1.54, 1.807) is 12.1 Å². The Bertz CT molecular complexity index is 1100. The van der Waals surface area contributed by atoms with Gasteiger partial charge in [-0.2, -0.15) is 5.26 Å². The van der Waals surface area contributed by atoms with Crippen LogP contribution in [0.2, 0.25) is 0 Å². The van der Waals surface area contributed by atoms with E-state index < -0.39 is 17.8 Å². The first kappa shape index (κ1) is 20.8. The van der Waals surface area contributed by atoms with Crippen LogP contribution in [0.3, 0.4) is 0 Å². The number of hydrogen-bond acceptors (Lipinski definition) is 8. The minimum absolute atomic E-state index is 0.0638. The minimum Gasteiger partial charge on any atom is -0.503 e. The lowest BCUT2D eigenvalue weighted by Crippen LogP contribution is -2.54. The molecule has 1 heterocycles. The van der Waals surface area contributed by atoms with Crippen molar-refractivity contribution in [3.63, 3.8) is 0 Å². The number of hydrogen-bond donors (Lipinski definition) is 2. The largest absolute Gasteiger partial charge is 0.503 e. The zero-order valence-corrected chi connectivity index (χ0v) is 16.6. The Kier molecular flexibility index (Phi) is 5.94. The monoisotopic (exact) mass is 425 g/mol. The average molecular weight is 425 g/mol. The molecule has 9 nitrogen and oxygen atoms in total. The molecule has 0 radical (unpaired) electrons. The van der Waals surface area contributed by atoms with Crippen molar-refractivity contribution in [2.75, 3.05) is 19.1 Å². The number of benzene rings is 2. The summed E-state index contributed by atoms with van der Waals surface area (Å²) in [5.74, 6) is -1.32. The molecule has 1 aliphatic heterocycles. The van der Waals surface area contributed by atoms with Gasteiger partial charge < -0.3 is 14.6 Å². The molecule has 0 spiro atoms. The number of ether oxygens (including phenoxy) is 2. The van der Waals surface area contributed by atoms with Crippen molar-refractivity contribution < 1.29 is 29.0 Å². The molecule has 30 heavy (non-hydrogen) atoms. The number of thioether (sulfide) groups is 1. The molecule has 4 amide bonds. The van der Waals surface area contributed by atoms with Crippen LogP contribution in [0.15, 0.2) is 46.9 Å². The number of rotatable bonds is 5. The molecule has 1 saturated heterocycles. The topological polar surface area (TPSA) is 129 Å². The van der Waals surface area contributed by atoms with Gasteiger partial charge in [0.05, 0.1) is 24.8 Å². The fraction of sp³-hybridized carbons (Fsp3) is 0.100. The second-order valence-electron chi connectivity index (χ2n) is 5.92. The maximum absolute atomic E-state index is 12.9. The van der Waals surface area contributed by atoms with Crippen molar-refractivity contribution in [1.29, 1.82) is 5.26 Å². The molecule has 1 aliphatic rings. The highest BCUT2D eigenvalue weighted by atomic mass is 32.2. The zero-order chi connectivity index (χ0) is 21.8. The highest BCUT2D eigenvalue weighted by molar-refractivity contribution is 8.03. The highest BCUT2D eigenvalue weighted by Crippen LogP contribution is 2.38. The van der Waals surface area contributed by atoms with E-state index in [1.807, 2.05) is 5.40 Å². The molecule has 2 aromatic carbocycles. The summed E-state index contributed by atoms with van der Waals surface area (Å²) in [4.78, 5) is 38.6. The van der Waals surface area contributed by atoms with Crippen molar-refractivity contribution in [2.24, 2.45) is 0 Å². The van der Waals surface area contributed by atoms with Gasteiger partial charge in [0.15, 0.2) is 11.5 Å². The van der Waals surface area contributed by atoms with Crippen molar-refractivity contribution in [3.8, 4) is 22.6 Å². The Labute approximate surface area is 175 Å². The first-order chi connectivity index (χ1) is 14.4. The quantitative estimate of drug-likeness (QED) is 0.324. The standard InChI is InChI=1S/C20H15N3O6S/c1-28-13-5-3-12(4-6-13)23-19(26)14(18(25)22-20(23)27)7-11-8-15(29-2)17(24)16(9-11)30-10-21/h3-9,24H,1-2H3,(H,22,25,27)/b14-7-. The summed E-state index contributed by atoms with van der Waals surface area (Å²) in [5.41, 5.74) is 0.275. The number of nitrogens with one attached hydrogen (secondary N) is 1. The first-order valence-corrected chi connectivity index (χ1v) is 9.23. The van der Waals surface area contributed by atoms with E-state index in [0.29, 0.717) is 23.1 Å². The predicted molar refractivity (Wildman–Crippen MR) is 108 cm³/mol. The number of thiocyanates is 1. The number of nitrogens with zero attached hydrogens (tertiary/aromatic N) is 2. The summed E-state index contributed by atoms with van der Waals surface area (Å²) < 4.78 is 10.1. The van der Waals surface area contributed by atoms with E-state index in [4.69, 9.17) is 14.7 Å². The molecule has 0 saturated carbocycles. The number of carbonyl (C=O) groups is 3. The summed E-state index contributed by atoms with van der Waals surface area (Å²) in [6.45, 7) is 0. The van der Waals surface area contributed by atoms with Crippen LogP contribution in [0.4, 0.5) is 10.5 Å². The summed E-state index contributed by atoms with van der Waals surface area (Å²) in [5, 5.41) is 23.0. The van der Waals surface area contributed by atoms with Crippen molar-refractivity contribution in [3.05, 3.63) is 47.5 Å². The molecule has 10 heteroatoms. The van der Waals surface area contributed by atoms with Crippen LogP contribution < -0.4 is 19.7 Å². The van der Waals surface area contributed by atoms with Crippen LogP contribution in [-0.2, 0) is 9.59 Å². The van der Waals surface area contributed by atoms with Gasteiger partial charge in [0.25, 0.3) is 11.8 Å². The SMILES string of the molecule is COc1ccc(N2C(=O)NC(=O)/C(=C/c3cc(OC)c(O)c(SC#N)c3)C2=O)cc1. The van der Waals surface area contributed by atoms with Crippen LogP contribution >= 0.6 is 11.8 Å². The number of urea groups is 1. The summed E-state index contributed by atoms with van der Waals surface area (Å²) in [6.07, 6.45) is 1.25. The fourth-order valence-electron chi connectivity index (χ4n) is 2.76. The van der Waals surface area contributed by atoms with Gasteiger partial charge in [-0.3, -0.25) is 14.9 Å². The van der Waals surface area contributed by atoms with E-state index in [0.717, 1.165) is 4.90 Å². The Morgan fingerprint density at radius 1 is 1.13 bits per heavy atom. The van der Waals surface area contributed by atoms with Crippen LogP contribution in [0.25, 0.3) is 6.08 Å². The first-order valence-electron chi connectivity index (χ1n) is 8.42. The maximum atomic E-state index is 12.9. The molecular formula is C20H15N3O6S. The van der Waals surface area contributed by atoms with E-state index in [1.165, 1.54) is 44.6 Å². The van der Waals surface area contributed by atoms with E-state index >= 15 is 0 Å². The Morgan fingerprint density at radius 2 is 1.83 bits per heavy atom. The average Bonchev–Trinajstić information content (AvgIpc) is 2.73. The number of phenols is 1. The van der Waals surface area contributed by atoms with Gasteiger partial charge in [-0.1, -0.05) is 0 Å². The zero-order valence-electron chi connectivity index (χ0n) is 15.8. The van der Waals surface area contributed by atoms with Gasteiger partial charge in [0, 0.05) is 0 Å². The van der Waals surface area contributed by atoms with E-state index in [2.05, 4.69) is 5.32 Å². The summed E-state index contributed by atoms with van der Waals surface area (Å²) in [7, 11) is 2.81. The highest BCUT2D eigenvalue weighted by Gasteiger charge is 2.36. The lowest BCUT2D eigenvalue weighted by molar-refractivity contribution is -0.122. The van der Waals surface area contributed by atoms with Crippen LogP contribution in [0.1, 0.15) is 5.56 Å². The van der Waals surface area contributed by atoms with Gasteiger partial charge in [0.2, 0.25) is 0 Å². The number of amides is 4. The van der Waals surface area contributed by atoms with E-state index in [-0.39, 0.29) is 27.7 Å². The molecule has 2 N–H and O–H groups in total. The van der Waals surface area contributed by atoms with Crippen LogP contribution in [0.5, 0.6) is 17.2 Å². The maximum Gasteiger partial charge on any atom is 0.335 e. The van der Waals surface area contributed by atoms with Crippen molar-refractivity contribution in [2.45, 2.75) is 4.90 Å². The third kappa shape index (κ3) is 3.92. The molecule has 152 valence electrons. The smallest absolute Gasteiger partial charge is 0.335 e. The molecular weight excluding hydrogens is 410 g/mol. The number of methoxy groups -OCH3 is 2. The van der Waals surface area contributed by atoms with Gasteiger partial charge in [0.1, 0.15) is 16.7 Å². The van der Waals surface area contributed by atoms with Crippen molar-refractivity contribution in [1.82, 2.24) is 5.32 Å². The number of aromatic hydroxyl groups is 1. The molecule has 3 rings (SSSR count). The summed E-state index contributed by atoms with van der Waals surface area (Å²) in [6, 6.07) is 8.12. The Hall–Kier alpha value is -3.97. The Balaban J connectivity index is 2.04. The number of barbiturate groups is 1. The minimum atomic E-state index is -0.878. The molecule has 0 atom stereocenters. The molecule has 0 aliphatic carbocycles. The number of phenolic OH excluding ortho intramolecular Hbond substituents is 1. The number of carbonyl (C=O) groups excluding carboxylic acids is 3.